The zero-order chi connectivity index (χ0) is 7.68. The minimum Gasteiger partial charge on any atom is -0.288 e. The molecule has 0 saturated carbocycles. The van der Waals surface area contributed by atoms with E-state index in [4.69, 9.17) is 0 Å². The van der Waals surface area contributed by atoms with E-state index in [1.54, 1.807) is 6.20 Å². The lowest BCUT2D eigenvalue weighted by molar-refractivity contribution is 0.245. The van der Waals surface area contributed by atoms with Crippen molar-refractivity contribution in [3.8, 4) is 0 Å². The van der Waals surface area contributed by atoms with E-state index in [1.807, 2.05) is 12.1 Å². The third kappa shape index (κ3) is 1.07. The Balaban J connectivity index is 2.44. The predicted octanol–water partition coefficient (Wildman–Crippen LogP) is 1.22. The van der Waals surface area contributed by atoms with E-state index >= 15 is 0 Å². The first-order valence-electron chi connectivity index (χ1n) is 3.78. The monoisotopic (exact) mass is 150 g/mol. The van der Waals surface area contributed by atoms with Gasteiger partial charge in [-0.3, -0.25) is 15.3 Å². The Kier molecular flexibility index (Phi) is 1.51. The fourth-order valence-corrected chi connectivity index (χ4v) is 1.37. The number of anilines is 1. The van der Waals surface area contributed by atoms with Crippen molar-refractivity contribution in [3.63, 3.8) is 0 Å². The summed E-state index contributed by atoms with van der Waals surface area (Å²) in [6, 6.07) is 3.73. The summed E-state index contributed by atoms with van der Waals surface area (Å²) in [7, 11) is 0. The van der Waals surface area contributed by atoms with Gasteiger partial charge >= 0.3 is 0 Å². The van der Waals surface area contributed by atoms with Gasteiger partial charge in [0.25, 0.3) is 0 Å². The lowest BCUT2D eigenvalue weighted by Gasteiger charge is -2.23. The summed E-state index contributed by atoms with van der Waals surface area (Å²) < 4.78 is 0. The Morgan fingerprint density at radius 3 is 3.27 bits per heavy atom. The summed E-state index contributed by atoms with van der Waals surface area (Å²) >= 11 is 0. The maximum atomic E-state index is 9.35. The number of aryl methyl sites for hydroxylation is 1. The van der Waals surface area contributed by atoms with E-state index in [2.05, 4.69) is 4.98 Å². The van der Waals surface area contributed by atoms with Crippen LogP contribution in [0.1, 0.15) is 12.1 Å². The van der Waals surface area contributed by atoms with Gasteiger partial charge in [-0.25, -0.2) is 0 Å². The summed E-state index contributed by atoms with van der Waals surface area (Å²) in [4.78, 5) is 4.17. The Hall–Kier alpha value is -1.09. The van der Waals surface area contributed by atoms with Gasteiger partial charge in [0.2, 0.25) is 0 Å². The number of aromatic nitrogens is 1. The van der Waals surface area contributed by atoms with Crippen molar-refractivity contribution in [3.05, 3.63) is 24.0 Å². The third-order valence-electron chi connectivity index (χ3n) is 1.93. The molecule has 0 spiro atoms. The smallest absolute Gasteiger partial charge is 0.0849 e. The molecule has 58 valence electrons. The van der Waals surface area contributed by atoms with Crippen LogP contribution in [-0.4, -0.2) is 16.7 Å². The summed E-state index contributed by atoms with van der Waals surface area (Å²) in [5.74, 6) is 0. The molecule has 11 heavy (non-hydrogen) atoms. The molecule has 2 heterocycles. The average molecular weight is 150 g/mol. The number of fused-ring (bicyclic) bond motifs is 1. The first kappa shape index (κ1) is 6.61. The Morgan fingerprint density at radius 2 is 2.45 bits per heavy atom. The fourth-order valence-electron chi connectivity index (χ4n) is 1.37. The van der Waals surface area contributed by atoms with E-state index in [9.17, 15) is 5.21 Å². The van der Waals surface area contributed by atoms with E-state index in [-0.39, 0.29) is 0 Å². The molecule has 1 aromatic heterocycles. The lowest BCUT2D eigenvalue weighted by atomic mass is 10.1. The van der Waals surface area contributed by atoms with Gasteiger partial charge in [-0.1, -0.05) is 0 Å². The average Bonchev–Trinajstić information content (AvgIpc) is 2.06. The molecule has 2 rings (SSSR count). The first-order chi connectivity index (χ1) is 5.38. The van der Waals surface area contributed by atoms with Crippen molar-refractivity contribution in [2.75, 3.05) is 11.6 Å². The Bertz CT molecular complexity index is 262. The molecule has 3 heteroatoms. The number of hydrogen-bond donors (Lipinski definition) is 1. The highest BCUT2D eigenvalue weighted by Crippen LogP contribution is 2.22. The quantitative estimate of drug-likeness (QED) is 0.604. The van der Waals surface area contributed by atoms with E-state index in [0.717, 1.165) is 30.8 Å². The molecule has 1 aromatic rings. The number of hydroxylamine groups is 1. The van der Waals surface area contributed by atoms with Crippen LogP contribution in [0.15, 0.2) is 18.3 Å². The molecule has 0 amide bonds. The molecule has 0 aliphatic carbocycles. The zero-order valence-electron chi connectivity index (χ0n) is 6.20. The highest BCUT2D eigenvalue weighted by Gasteiger charge is 2.14. The molecule has 0 aromatic carbocycles. The van der Waals surface area contributed by atoms with Gasteiger partial charge in [0.1, 0.15) is 0 Å². The van der Waals surface area contributed by atoms with Crippen molar-refractivity contribution < 1.29 is 5.21 Å². The molecule has 0 radical (unpaired) electrons. The molecule has 0 bridgehead atoms. The maximum absolute atomic E-state index is 9.35. The molecule has 1 aliphatic heterocycles. The van der Waals surface area contributed by atoms with E-state index < -0.39 is 0 Å². The summed E-state index contributed by atoms with van der Waals surface area (Å²) in [5, 5.41) is 10.6. The number of pyridine rings is 1. The van der Waals surface area contributed by atoms with Crippen molar-refractivity contribution >= 4 is 5.69 Å². The van der Waals surface area contributed by atoms with Crippen LogP contribution in [0.4, 0.5) is 5.69 Å². The van der Waals surface area contributed by atoms with Crippen molar-refractivity contribution in [2.45, 2.75) is 12.8 Å². The van der Waals surface area contributed by atoms with Crippen molar-refractivity contribution in [2.24, 2.45) is 0 Å². The number of rotatable bonds is 0. The fraction of sp³-hybridized carbons (Fsp3) is 0.375. The van der Waals surface area contributed by atoms with Crippen LogP contribution in [0, 0.1) is 0 Å². The van der Waals surface area contributed by atoms with Gasteiger partial charge in [-0.05, 0) is 25.0 Å². The van der Waals surface area contributed by atoms with Gasteiger partial charge in [-0.2, -0.15) is 0 Å². The molecular formula is C8H10N2O. The van der Waals surface area contributed by atoms with Gasteiger partial charge in [0.05, 0.1) is 11.4 Å². The van der Waals surface area contributed by atoms with Crippen LogP contribution in [0.5, 0.6) is 0 Å². The number of nitrogens with zero attached hydrogens (tertiary/aromatic N) is 2. The van der Waals surface area contributed by atoms with E-state index in [1.165, 1.54) is 5.06 Å². The highest BCUT2D eigenvalue weighted by atomic mass is 16.5. The topological polar surface area (TPSA) is 36.4 Å². The standard InChI is InChI=1S/C8H10N2O/c11-10-6-2-3-7-8(10)4-1-5-9-7/h1,4-5,11H,2-3,6H2. The van der Waals surface area contributed by atoms with Crippen LogP contribution >= 0.6 is 0 Å². The minimum absolute atomic E-state index is 0.721. The van der Waals surface area contributed by atoms with E-state index in [0.29, 0.717) is 0 Å². The second-order valence-electron chi connectivity index (χ2n) is 2.70. The largest absolute Gasteiger partial charge is 0.288 e. The summed E-state index contributed by atoms with van der Waals surface area (Å²) in [6.07, 6.45) is 3.73. The number of hydrogen-bond acceptors (Lipinski definition) is 3. The molecule has 0 fully saturated rings. The normalized spacial score (nSPS) is 16.3. The molecular weight excluding hydrogens is 140 g/mol. The molecule has 1 N–H and O–H groups in total. The van der Waals surface area contributed by atoms with Gasteiger partial charge in [0.15, 0.2) is 0 Å². The molecule has 0 saturated heterocycles. The first-order valence-corrected chi connectivity index (χ1v) is 3.78. The third-order valence-corrected chi connectivity index (χ3v) is 1.93. The minimum atomic E-state index is 0.721. The van der Waals surface area contributed by atoms with Crippen LogP contribution in [0.3, 0.4) is 0 Å². The molecule has 0 atom stereocenters. The van der Waals surface area contributed by atoms with Crippen molar-refractivity contribution in [1.29, 1.82) is 0 Å². The second kappa shape index (κ2) is 2.51. The summed E-state index contributed by atoms with van der Waals surface area (Å²) in [6.45, 7) is 0.721. The maximum Gasteiger partial charge on any atom is 0.0849 e. The molecule has 3 nitrogen and oxygen atoms in total. The Labute approximate surface area is 65.2 Å². The molecule has 1 aliphatic rings. The van der Waals surface area contributed by atoms with Gasteiger partial charge in [0, 0.05) is 12.7 Å². The van der Waals surface area contributed by atoms with Gasteiger partial charge < -0.3 is 0 Å². The van der Waals surface area contributed by atoms with Crippen LogP contribution in [0.2, 0.25) is 0 Å². The highest BCUT2D eigenvalue weighted by molar-refractivity contribution is 5.49. The van der Waals surface area contributed by atoms with Gasteiger partial charge in [-0.15, -0.1) is 0 Å². The Morgan fingerprint density at radius 1 is 1.55 bits per heavy atom. The lowest BCUT2D eigenvalue weighted by Crippen LogP contribution is -2.25. The second-order valence-corrected chi connectivity index (χ2v) is 2.70. The molecule has 0 unspecified atom stereocenters. The van der Waals surface area contributed by atoms with Crippen LogP contribution < -0.4 is 5.06 Å². The van der Waals surface area contributed by atoms with Crippen LogP contribution in [-0.2, 0) is 6.42 Å². The zero-order valence-corrected chi connectivity index (χ0v) is 6.20. The summed E-state index contributed by atoms with van der Waals surface area (Å²) in [5.41, 5.74) is 1.86. The van der Waals surface area contributed by atoms with Crippen molar-refractivity contribution in [1.82, 2.24) is 4.98 Å². The predicted molar refractivity (Wildman–Crippen MR) is 41.7 cm³/mol. The van der Waals surface area contributed by atoms with Crippen LogP contribution in [0.25, 0.3) is 0 Å². The SMILES string of the molecule is ON1CCCc2ncccc21.